The molecule has 22 heavy (non-hydrogen) atoms. The van der Waals surface area contributed by atoms with Crippen molar-refractivity contribution in [3.63, 3.8) is 0 Å². The predicted octanol–water partition coefficient (Wildman–Crippen LogP) is 4.31. The molecule has 0 radical (unpaired) electrons. The predicted molar refractivity (Wildman–Crippen MR) is 86.9 cm³/mol. The molecular weight excluding hydrogens is 348 g/mol. The Labute approximate surface area is 137 Å². The van der Waals surface area contributed by atoms with Gasteiger partial charge in [0, 0.05) is 23.5 Å². The summed E-state index contributed by atoms with van der Waals surface area (Å²) in [7, 11) is 0. The zero-order chi connectivity index (χ0) is 15.7. The number of halogens is 1. The summed E-state index contributed by atoms with van der Waals surface area (Å²) >= 11 is 3.44. The van der Waals surface area contributed by atoms with Crippen LogP contribution in [0.15, 0.2) is 27.1 Å². The Balaban J connectivity index is 1.66. The van der Waals surface area contributed by atoms with Gasteiger partial charge in [0.25, 0.3) is 0 Å². The Hall–Kier alpha value is -1.56. The van der Waals surface area contributed by atoms with E-state index < -0.39 is 0 Å². The fraction of sp³-hybridized carbons (Fsp3) is 0.500. The van der Waals surface area contributed by atoms with Gasteiger partial charge in [-0.3, -0.25) is 0 Å². The van der Waals surface area contributed by atoms with E-state index in [1.807, 2.05) is 32.0 Å². The zero-order valence-corrected chi connectivity index (χ0v) is 14.3. The number of likely N-dealkylation sites (tertiary alicyclic amines) is 1. The number of fused-ring (bicyclic) bond motifs is 1. The molecule has 1 aliphatic rings. The highest BCUT2D eigenvalue weighted by Crippen LogP contribution is 2.31. The molecule has 3 rings (SSSR count). The SMILES string of the molecule is CC(C)OC(=O)N1CCC(c2nc3ccc(Br)cc3o2)CC1. The van der Waals surface area contributed by atoms with Crippen LogP contribution in [0.1, 0.15) is 38.5 Å². The van der Waals surface area contributed by atoms with Crippen molar-refractivity contribution in [3.05, 3.63) is 28.6 Å². The van der Waals surface area contributed by atoms with Gasteiger partial charge < -0.3 is 14.1 Å². The molecule has 1 fully saturated rings. The molecule has 0 N–H and O–H groups in total. The van der Waals surface area contributed by atoms with Gasteiger partial charge in [-0.2, -0.15) is 0 Å². The van der Waals surface area contributed by atoms with Crippen molar-refractivity contribution in [2.75, 3.05) is 13.1 Å². The first kappa shape index (κ1) is 15.3. The van der Waals surface area contributed by atoms with Crippen molar-refractivity contribution in [2.24, 2.45) is 0 Å². The van der Waals surface area contributed by atoms with Crippen LogP contribution in [0.5, 0.6) is 0 Å². The lowest BCUT2D eigenvalue weighted by Crippen LogP contribution is -2.39. The highest BCUT2D eigenvalue weighted by molar-refractivity contribution is 9.10. The maximum atomic E-state index is 11.9. The number of aromatic nitrogens is 1. The minimum atomic E-state index is -0.227. The van der Waals surface area contributed by atoms with Gasteiger partial charge >= 0.3 is 6.09 Å². The molecule has 0 bridgehead atoms. The summed E-state index contributed by atoms with van der Waals surface area (Å²) in [5.74, 6) is 1.03. The van der Waals surface area contributed by atoms with Crippen LogP contribution in [0.3, 0.4) is 0 Å². The number of benzene rings is 1. The normalized spacial score (nSPS) is 16.5. The van der Waals surface area contributed by atoms with Crippen molar-refractivity contribution in [1.29, 1.82) is 0 Å². The second-order valence-corrected chi connectivity index (χ2v) is 6.77. The molecule has 0 spiro atoms. The first-order valence-corrected chi connectivity index (χ1v) is 8.34. The minimum Gasteiger partial charge on any atom is -0.447 e. The molecule has 0 atom stereocenters. The van der Waals surface area contributed by atoms with Gasteiger partial charge in [-0.05, 0) is 44.9 Å². The lowest BCUT2D eigenvalue weighted by molar-refractivity contribution is 0.0681. The van der Waals surface area contributed by atoms with E-state index in [9.17, 15) is 4.79 Å². The topological polar surface area (TPSA) is 55.6 Å². The molecule has 1 aromatic heterocycles. The van der Waals surface area contributed by atoms with E-state index in [1.165, 1.54) is 0 Å². The third-order valence-electron chi connectivity index (χ3n) is 3.81. The fourth-order valence-electron chi connectivity index (χ4n) is 2.68. The average Bonchev–Trinajstić information content (AvgIpc) is 2.89. The van der Waals surface area contributed by atoms with E-state index in [0.717, 1.165) is 34.3 Å². The summed E-state index contributed by atoms with van der Waals surface area (Å²) in [6.07, 6.45) is 1.39. The third-order valence-corrected chi connectivity index (χ3v) is 4.30. The molecule has 0 unspecified atom stereocenters. The van der Waals surface area contributed by atoms with E-state index in [1.54, 1.807) is 4.90 Å². The molecular formula is C16H19BrN2O3. The number of hydrogen-bond acceptors (Lipinski definition) is 4. The summed E-state index contributed by atoms with van der Waals surface area (Å²) in [4.78, 5) is 18.2. The summed E-state index contributed by atoms with van der Waals surface area (Å²) in [6, 6.07) is 5.83. The van der Waals surface area contributed by atoms with E-state index >= 15 is 0 Å². The Kier molecular flexibility index (Phi) is 4.38. The molecule has 6 heteroatoms. The van der Waals surface area contributed by atoms with Crippen LogP contribution in [-0.4, -0.2) is 35.2 Å². The number of amides is 1. The summed E-state index contributed by atoms with van der Waals surface area (Å²) in [6.45, 7) is 5.08. The first-order chi connectivity index (χ1) is 10.5. The van der Waals surface area contributed by atoms with E-state index in [0.29, 0.717) is 13.1 Å². The molecule has 2 aromatic rings. The maximum Gasteiger partial charge on any atom is 0.410 e. The number of oxazole rings is 1. The van der Waals surface area contributed by atoms with Gasteiger partial charge in [-0.1, -0.05) is 15.9 Å². The van der Waals surface area contributed by atoms with Gasteiger partial charge in [-0.15, -0.1) is 0 Å². The zero-order valence-electron chi connectivity index (χ0n) is 12.7. The Morgan fingerprint density at radius 3 is 2.82 bits per heavy atom. The monoisotopic (exact) mass is 366 g/mol. The first-order valence-electron chi connectivity index (χ1n) is 7.54. The summed E-state index contributed by atoms with van der Waals surface area (Å²) in [5.41, 5.74) is 1.67. The van der Waals surface area contributed by atoms with Crippen molar-refractivity contribution in [2.45, 2.75) is 38.7 Å². The fourth-order valence-corrected chi connectivity index (χ4v) is 3.02. The Morgan fingerprint density at radius 1 is 1.41 bits per heavy atom. The van der Waals surface area contributed by atoms with Crippen molar-refractivity contribution in [1.82, 2.24) is 9.88 Å². The smallest absolute Gasteiger partial charge is 0.410 e. The van der Waals surface area contributed by atoms with Crippen LogP contribution < -0.4 is 0 Å². The molecule has 1 amide bonds. The molecule has 1 aromatic carbocycles. The summed E-state index contributed by atoms with van der Waals surface area (Å²) in [5, 5.41) is 0. The van der Waals surface area contributed by atoms with E-state index in [2.05, 4.69) is 20.9 Å². The van der Waals surface area contributed by atoms with Crippen molar-refractivity contribution < 1.29 is 13.9 Å². The van der Waals surface area contributed by atoms with Gasteiger partial charge in [0.05, 0.1) is 6.10 Å². The number of hydrogen-bond donors (Lipinski definition) is 0. The molecule has 118 valence electrons. The minimum absolute atomic E-state index is 0.0827. The van der Waals surface area contributed by atoms with Crippen LogP contribution in [0.2, 0.25) is 0 Å². The van der Waals surface area contributed by atoms with Crippen molar-refractivity contribution in [3.8, 4) is 0 Å². The average molecular weight is 367 g/mol. The molecule has 1 saturated heterocycles. The molecule has 0 aliphatic carbocycles. The number of rotatable bonds is 2. The van der Waals surface area contributed by atoms with Crippen LogP contribution in [0.4, 0.5) is 4.79 Å². The summed E-state index contributed by atoms with van der Waals surface area (Å²) < 4.78 is 12.1. The lowest BCUT2D eigenvalue weighted by Gasteiger charge is -2.30. The Bertz CT molecular complexity index is 675. The number of piperidine rings is 1. The Morgan fingerprint density at radius 2 is 2.14 bits per heavy atom. The van der Waals surface area contributed by atoms with Crippen LogP contribution in [0.25, 0.3) is 11.1 Å². The van der Waals surface area contributed by atoms with Crippen LogP contribution >= 0.6 is 15.9 Å². The third kappa shape index (κ3) is 3.27. The lowest BCUT2D eigenvalue weighted by atomic mass is 9.97. The van der Waals surface area contributed by atoms with E-state index in [4.69, 9.17) is 9.15 Å². The molecule has 2 heterocycles. The van der Waals surface area contributed by atoms with Gasteiger partial charge in [0.15, 0.2) is 11.5 Å². The maximum absolute atomic E-state index is 11.9. The largest absolute Gasteiger partial charge is 0.447 e. The van der Waals surface area contributed by atoms with Gasteiger partial charge in [0.2, 0.25) is 0 Å². The highest BCUT2D eigenvalue weighted by Gasteiger charge is 2.28. The van der Waals surface area contributed by atoms with Crippen molar-refractivity contribution >= 4 is 33.1 Å². The molecule has 5 nitrogen and oxygen atoms in total. The second-order valence-electron chi connectivity index (χ2n) is 5.86. The molecule has 1 aliphatic heterocycles. The molecule has 0 saturated carbocycles. The van der Waals surface area contributed by atoms with Crippen LogP contribution in [-0.2, 0) is 4.74 Å². The van der Waals surface area contributed by atoms with Gasteiger partial charge in [0.1, 0.15) is 5.52 Å². The number of ether oxygens (including phenoxy) is 1. The van der Waals surface area contributed by atoms with E-state index in [-0.39, 0.29) is 18.1 Å². The number of nitrogens with zero attached hydrogens (tertiary/aromatic N) is 2. The standard InChI is InChI=1S/C16H19BrN2O3/c1-10(2)21-16(20)19-7-5-11(6-8-19)15-18-13-4-3-12(17)9-14(13)22-15/h3-4,9-11H,5-8H2,1-2H3. The van der Waals surface area contributed by atoms with Crippen LogP contribution in [0, 0.1) is 0 Å². The van der Waals surface area contributed by atoms with Gasteiger partial charge in [-0.25, -0.2) is 9.78 Å². The number of carbonyl (C=O) groups is 1. The quantitative estimate of drug-likeness (QED) is 0.794. The second kappa shape index (κ2) is 6.28. The number of carbonyl (C=O) groups excluding carboxylic acids is 1. The highest BCUT2D eigenvalue weighted by atomic mass is 79.9.